The van der Waals surface area contributed by atoms with Gasteiger partial charge in [-0.15, -0.1) is 0 Å². The van der Waals surface area contributed by atoms with Crippen molar-refractivity contribution in [1.82, 2.24) is 0 Å². The molecule has 0 aliphatic rings. The van der Waals surface area contributed by atoms with E-state index in [-0.39, 0.29) is 43.7 Å². The van der Waals surface area contributed by atoms with Crippen LogP contribution >= 0.6 is 23.2 Å². The zero-order valence-corrected chi connectivity index (χ0v) is 18.2. The van der Waals surface area contributed by atoms with Crippen LogP contribution in [0.25, 0.3) is 21.9 Å². The third-order valence-electron chi connectivity index (χ3n) is 5.49. The molecule has 2 aromatic heterocycles. The molecule has 0 bridgehead atoms. The van der Waals surface area contributed by atoms with E-state index in [2.05, 4.69) is 0 Å². The highest BCUT2D eigenvalue weighted by molar-refractivity contribution is 6.35. The molecule has 33 heavy (non-hydrogen) atoms. The first kappa shape index (κ1) is 21.1. The molecule has 0 unspecified atom stereocenters. The molecule has 2 N–H and O–H groups in total. The van der Waals surface area contributed by atoms with Gasteiger partial charge in [-0.1, -0.05) is 53.5 Å². The van der Waals surface area contributed by atoms with Crippen molar-refractivity contribution in [1.29, 1.82) is 0 Å². The highest BCUT2D eigenvalue weighted by Gasteiger charge is 2.33. The van der Waals surface area contributed by atoms with E-state index < -0.39 is 28.7 Å². The number of fused-ring (bicyclic) bond motifs is 2. The summed E-state index contributed by atoms with van der Waals surface area (Å²) in [5.41, 5.74) is -1.74. The van der Waals surface area contributed by atoms with Crippen LogP contribution in [0.5, 0.6) is 11.5 Å². The van der Waals surface area contributed by atoms with E-state index in [1.807, 2.05) is 0 Å². The highest BCUT2D eigenvalue weighted by atomic mass is 35.5. The molecule has 5 aromatic rings. The normalized spacial score (nSPS) is 11.5. The molecule has 0 amide bonds. The van der Waals surface area contributed by atoms with Crippen LogP contribution < -0.4 is 11.3 Å². The SMILES string of the molecule is O=c1oc2ccccc2c(O)c1C(c1ccc(Cl)cc1Cl)c1c(O)c2ccccc2oc1=O. The fourth-order valence-corrected chi connectivity index (χ4v) is 4.51. The van der Waals surface area contributed by atoms with E-state index >= 15 is 0 Å². The molecular formula is C25H14Cl2O6. The molecule has 0 aliphatic heterocycles. The molecule has 164 valence electrons. The van der Waals surface area contributed by atoms with Gasteiger partial charge in [-0.25, -0.2) is 9.59 Å². The summed E-state index contributed by atoms with van der Waals surface area (Å²) in [5, 5.41) is 23.2. The summed E-state index contributed by atoms with van der Waals surface area (Å²) in [4.78, 5) is 26.2. The van der Waals surface area contributed by atoms with Crippen molar-refractivity contribution in [2.45, 2.75) is 5.92 Å². The topological polar surface area (TPSA) is 101 Å². The van der Waals surface area contributed by atoms with Gasteiger partial charge in [-0.2, -0.15) is 0 Å². The molecule has 6 nitrogen and oxygen atoms in total. The van der Waals surface area contributed by atoms with Crippen molar-refractivity contribution >= 4 is 45.1 Å². The minimum atomic E-state index is -1.31. The van der Waals surface area contributed by atoms with Crippen molar-refractivity contribution in [3.8, 4) is 11.5 Å². The summed E-state index contributed by atoms with van der Waals surface area (Å²) in [6.07, 6.45) is 0. The Hall–Kier alpha value is -3.74. The first-order valence-electron chi connectivity index (χ1n) is 9.81. The fraction of sp³-hybridized carbons (Fsp3) is 0.0400. The second-order valence-corrected chi connectivity index (χ2v) is 8.24. The predicted molar refractivity (Wildman–Crippen MR) is 126 cm³/mol. The van der Waals surface area contributed by atoms with Gasteiger partial charge in [0.05, 0.1) is 27.8 Å². The third kappa shape index (κ3) is 3.44. The monoisotopic (exact) mass is 480 g/mol. The zero-order valence-electron chi connectivity index (χ0n) is 16.7. The highest BCUT2D eigenvalue weighted by Crippen LogP contribution is 2.44. The lowest BCUT2D eigenvalue weighted by Gasteiger charge is -2.20. The van der Waals surface area contributed by atoms with Crippen molar-refractivity contribution in [3.63, 3.8) is 0 Å². The first-order chi connectivity index (χ1) is 15.9. The summed E-state index contributed by atoms with van der Waals surface area (Å²) in [5.74, 6) is -2.11. The Morgan fingerprint density at radius 3 is 1.67 bits per heavy atom. The van der Waals surface area contributed by atoms with Gasteiger partial charge in [-0.3, -0.25) is 0 Å². The summed E-state index contributed by atoms with van der Waals surface area (Å²) >= 11 is 12.5. The van der Waals surface area contributed by atoms with E-state index in [0.717, 1.165) is 0 Å². The Balaban J connectivity index is 1.94. The van der Waals surface area contributed by atoms with Crippen molar-refractivity contribution in [3.05, 3.63) is 114 Å². The molecule has 0 fully saturated rings. The molecule has 5 rings (SSSR count). The Kier molecular flexibility index (Phi) is 5.12. The number of rotatable bonds is 3. The summed E-state index contributed by atoms with van der Waals surface area (Å²) < 4.78 is 10.9. The number of hydrogen-bond acceptors (Lipinski definition) is 6. The summed E-state index contributed by atoms with van der Waals surface area (Å²) in [7, 11) is 0. The standard InChI is InChI=1S/C25H14Cl2O6/c26-12-9-10-13(16(27)11-12)19(20-22(28)14-5-1-3-7-17(14)32-24(20)30)21-23(29)15-6-2-4-8-18(15)33-25(21)31/h1-11,19,28-29H. The number of halogens is 2. The van der Waals surface area contributed by atoms with Crippen molar-refractivity contribution < 1.29 is 19.0 Å². The molecule has 0 radical (unpaired) electrons. The average Bonchev–Trinajstić information content (AvgIpc) is 2.78. The van der Waals surface area contributed by atoms with Gasteiger partial charge >= 0.3 is 11.3 Å². The van der Waals surface area contributed by atoms with Crippen LogP contribution in [0.1, 0.15) is 22.6 Å². The van der Waals surface area contributed by atoms with Crippen LogP contribution in [0.15, 0.2) is 85.2 Å². The lowest BCUT2D eigenvalue weighted by molar-refractivity contribution is 0.441. The molecule has 3 aromatic carbocycles. The van der Waals surface area contributed by atoms with Gasteiger partial charge in [-0.05, 0) is 42.0 Å². The lowest BCUT2D eigenvalue weighted by Crippen LogP contribution is -2.21. The van der Waals surface area contributed by atoms with Gasteiger partial charge in [0, 0.05) is 10.0 Å². The lowest BCUT2D eigenvalue weighted by atomic mass is 9.84. The Morgan fingerprint density at radius 1 is 0.697 bits per heavy atom. The zero-order chi connectivity index (χ0) is 23.3. The van der Waals surface area contributed by atoms with Gasteiger partial charge < -0.3 is 19.0 Å². The van der Waals surface area contributed by atoms with Crippen LogP contribution in [0.2, 0.25) is 10.0 Å². The number of benzene rings is 3. The van der Waals surface area contributed by atoms with Crippen molar-refractivity contribution in [2.75, 3.05) is 0 Å². The number of aromatic hydroxyl groups is 2. The summed E-state index contributed by atoms with van der Waals surface area (Å²) in [6.45, 7) is 0. The average molecular weight is 481 g/mol. The van der Waals surface area contributed by atoms with E-state index in [9.17, 15) is 19.8 Å². The van der Waals surface area contributed by atoms with Crippen LogP contribution in [-0.4, -0.2) is 10.2 Å². The first-order valence-corrected chi connectivity index (χ1v) is 10.6. The van der Waals surface area contributed by atoms with E-state index in [0.29, 0.717) is 5.02 Å². The minimum absolute atomic E-state index is 0.117. The number of hydrogen-bond donors (Lipinski definition) is 2. The maximum absolute atomic E-state index is 13.1. The molecule has 0 saturated carbocycles. The Labute approximate surface area is 195 Å². The Morgan fingerprint density at radius 2 is 1.18 bits per heavy atom. The predicted octanol–water partition coefficient (Wildman–Crippen LogP) is 5.80. The minimum Gasteiger partial charge on any atom is -0.507 e. The Bertz CT molecular complexity index is 1570. The van der Waals surface area contributed by atoms with Gasteiger partial charge in [0.15, 0.2) is 0 Å². The van der Waals surface area contributed by atoms with Gasteiger partial charge in [0.2, 0.25) is 0 Å². The molecule has 0 atom stereocenters. The van der Waals surface area contributed by atoms with Crippen LogP contribution in [0.4, 0.5) is 0 Å². The van der Waals surface area contributed by atoms with E-state index in [4.69, 9.17) is 32.0 Å². The quantitative estimate of drug-likeness (QED) is 0.316. The third-order valence-corrected chi connectivity index (χ3v) is 6.05. The molecule has 0 spiro atoms. The van der Waals surface area contributed by atoms with Crippen LogP contribution in [0, 0.1) is 0 Å². The molecule has 8 heteroatoms. The molecule has 0 aliphatic carbocycles. The summed E-state index contributed by atoms with van der Waals surface area (Å²) in [6, 6.07) is 17.3. The second kappa shape index (κ2) is 7.99. The van der Waals surface area contributed by atoms with Crippen LogP contribution in [0.3, 0.4) is 0 Å². The largest absolute Gasteiger partial charge is 0.507 e. The van der Waals surface area contributed by atoms with Crippen LogP contribution in [-0.2, 0) is 0 Å². The second-order valence-electron chi connectivity index (χ2n) is 7.39. The van der Waals surface area contributed by atoms with Crippen molar-refractivity contribution in [2.24, 2.45) is 0 Å². The van der Waals surface area contributed by atoms with E-state index in [1.54, 1.807) is 36.4 Å². The maximum atomic E-state index is 13.1. The molecular weight excluding hydrogens is 467 g/mol. The fourth-order valence-electron chi connectivity index (χ4n) is 4.00. The smallest absolute Gasteiger partial charge is 0.344 e. The van der Waals surface area contributed by atoms with Gasteiger partial charge in [0.25, 0.3) is 0 Å². The van der Waals surface area contributed by atoms with E-state index in [1.165, 1.54) is 30.3 Å². The molecule has 0 saturated heterocycles. The number of para-hydroxylation sites is 2. The molecule has 2 heterocycles. The van der Waals surface area contributed by atoms with Gasteiger partial charge in [0.1, 0.15) is 22.7 Å². The maximum Gasteiger partial charge on any atom is 0.344 e.